The van der Waals surface area contributed by atoms with Crippen LogP contribution in [0.1, 0.15) is 61.6 Å². The SMILES string of the molecule is CCN(CCCN1CCCCC1)c1nc(CC2=CCCC=C2)nc2[nH]c3cc(C(=O)OC)ccc3c12. The number of benzene rings is 1. The smallest absolute Gasteiger partial charge is 0.337 e. The normalized spacial score (nSPS) is 16.4. The van der Waals surface area contributed by atoms with Crippen molar-refractivity contribution in [3.63, 3.8) is 0 Å². The van der Waals surface area contributed by atoms with Crippen LogP contribution >= 0.6 is 0 Å². The van der Waals surface area contributed by atoms with Crippen LogP contribution in [0.4, 0.5) is 5.82 Å². The maximum absolute atomic E-state index is 12.1. The second-order valence-corrected chi connectivity index (χ2v) is 9.84. The fourth-order valence-corrected chi connectivity index (χ4v) is 5.44. The Balaban J connectivity index is 1.51. The minimum atomic E-state index is -0.341. The molecule has 0 spiro atoms. The average Bonchev–Trinajstić information content (AvgIpc) is 3.29. The van der Waals surface area contributed by atoms with Gasteiger partial charge in [0, 0.05) is 30.4 Å². The standard InChI is InChI=1S/C29H37N5O2/c1-3-34(18-10-17-33-15-8-5-9-16-33)28-26-23-14-13-22(29(35)36-2)20-24(23)30-27(26)31-25(32-28)19-21-11-6-4-7-12-21/h6,11-14,20H,3-5,7-10,15-19H2,1-2H3,(H,30,31,32). The summed E-state index contributed by atoms with van der Waals surface area (Å²) < 4.78 is 4.93. The van der Waals surface area contributed by atoms with Gasteiger partial charge in [-0.25, -0.2) is 14.8 Å². The number of nitrogens with one attached hydrogen (secondary N) is 1. The fourth-order valence-electron chi connectivity index (χ4n) is 5.44. The number of allylic oxidation sites excluding steroid dienone is 4. The number of piperidine rings is 1. The molecule has 3 heterocycles. The molecule has 1 N–H and O–H groups in total. The monoisotopic (exact) mass is 487 g/mol. The number of anilines is 1. The second-order valence-electron chi connectivity index (χ2n) is 9.84. The Bertz CT molecular complexity index is 1290. The van der Waals surface area contributed by atoms with E-state index >= 15 is 0 Å². The summed E-state index contributed by atoms with van der Waals surface area (Å²) in [7, 11) is 1.41. The molecule has 0 atom stereocenters. The summed E-state index contributed by atoms with van der Waals surface area (Å²) in [4.78, 5) is 30.7. The molecule has 0 saturated carbocycles. The van der Waals surface area contributed by atoms with E-state index in [9.17, 15) is 4.79 Å². The molecule has 0 radical (unpaired) electrons. The van der Waals surface area contributed by atoms with Crippen molar-refractivity contribution in [2.75, 3.05) is 44.7 Å². The molecule has 0 amide bonds. The number of hydrogen-bond donors (Lipinski definition) is 1. The first-order chi connectivity index (χ1) is 17.7. The highest BCUT2D eigenvalue weighted by Crippen LogP contribution is 2.33. The maximum atomic E-state index is 12.1. The van der Waals surface area contributed by atoms with Crippen LogP contribution in [0.2, 0.25) is 0 Å². The summed E-state index contributed by atoms with van der Waals surface area (Å²) in [5.74, 6) is 1.46. The molecule has 36 heavy (non-hydrogen) atoms. The van der Waals surface area contributed by atoms with Crippen LogP contribution in [0.25, 0.3) is 21.9 Å². The van der Waals surface area contributed by atoms with Gasteiger partial charge in [-0.3, -0.25) is 0 Å². The van der Waals surface area contributed by atoms with Crippen LogP contribution < -0.4 is 4.90 Å². The Hall–Kier alpha value is -3.19. The van der Waals surface area contributed by atoms with Gasteiger partial charge in [-0.1, -0.05) is 30.7 Å². The number of hydrogen-bond acceptors (Lipinski definition) is 6. The van der Waals surface area contributed by atoms with Crippen LogP contribution in [0.5, 0.6) is 0 Å². The number of methoxy groups -OCH3 is 1. The molecular weight excluding hydrogens is 450 g/mol. The van der Waals surface area contributed by atoms with Crippen molar-refractivity contribution in [2.24, 2.45) is 0 Å². The number of esters is 1. The number of rotatable bonds is 9. The second kappa shape index (κ2) is 11.2. The summed E-state index contributed by atoms with van der Waals surface area (Å²) in [5, 5.41) is 2.06. The van der Waals surface area contributed by atoms with E-state index in [0.717, 1.165) is 72.5 Å². The zero-order valence-electron chi connectivity index (χ0n) is 21.6. The molecule has 1 aliphatic carbocycles. The number of aromatic nitrogens is 3. The molecule has 2 aliphatic rings. The molecule has 2 aromatic heterocycles. The molecule has 1 saturated heterocycles. The highest BCUT2D eigenvalue weighted by Gasteiger charge is 2.20. The number of nitrogens with zero attached hydrogens (tertiary/aromatic N) is 4. The molecule has 0 bridgehead atoms. The van der Waals surface area contributed by atoms with Crippen LogP contribution in [0.3, 0.4) is 0 Å². The van der Waals surface area contributed by atoms with Gasteiger partial charge in [0.25, 0.3) is 0 Å². The van der Waals surface area contributed by atoms with Crippen LogP contribution in [-0.4, -0.2) is 65.7 Å². The first-order valence-corrected chi connectivity index (χ1v) is 13.4. The highest BCUT2D eigenvalue weighted by molar-refractivity contribution is 6.12. The van der Waals surface area contributed by atoms with E-state index in [2.05, 4.69) is 39.9 Å². The lowest BCUT2D eigenvalue weighted by atomic mass is 10.0. The predicted octanol–water partition coefficient (Wildman–Crippen LogP) is 5.42. The lowest BCUT2D eigenvalue weighted by Crippen LogP contribution is -2.33. The molecule has 0 unspecified atom stereocenters. The van der Waals surface area contributed by atoms with Gasteiger partial charge in [0.2, 0.25) is 0 Å². The Morgan fingerprint density at radius 2 is 2.03 bits per heavy atom. The number of H-pyrrole nitrogens is 1. The fraction of sp³-hybridized carbons (Fsp3) is 0.483. The molecular formula is C29H37N5O2. The third-order valence-corrected chi connectivity index (χ3v) is 7.37. The molecule has 7 nitrogen and oxygen atoms in total. The first kappa shape index (κ1) is 24.5. The molecule has 1 aromatic carbocycles. The number of likely N-dealkylation sites (tertiary alicyclic amines) is 1. The third kappa shape index (κ3) is 5.31. The van der Waals surface area contributed by atoms with E-state index in [1.165, 1.54) is 45.0 Å². The largest absolute Gasteiger partial charge is 0.465 e. The Morgan fingerprint density at radius 3 is 2.78 bits per heavy atom. The van der Waals surface area contributed by atoms with Crippen LogP contribution in [0, 0.1) is 0 Å². The zero-order chi connectivity index (χ0) is 24.9. The van der Waals surface area contributed by atoms with Crippen molar-refractivity contribution < 1.29 is 9.53 Å². The number of carbonyl (C=O) groups is 1. The lowest BCUT2D eigenvalue weighted by Gasteiger charge is -2.28. The molecule has 3 aromatic rings. The van der Waals surface area contributed by atoms with Gasteiger partial charge >= 0.3 is 5.97 Å². The van der Waals surface area contributed by atoms with Crippen LogP contribution in [0.15, 0.2) is 42.0 Å². The van der Waals surface area contributed by atoms with E-state index in [4.69, 9.17) is 14.7 Å². The topological polar surface area (TPSA) is 74.4 Å². The van der Waals surface area contributed by atoms with Gasteiger partial charge < -0.3 is 19.5 Å². The van der Waals surface area contributed by atoms with Gasteiger partial charge in [-0.05, 0) is 76.4 Å². The number of aromatic amines is 1. The summed E-state index contributed by atoms with van der Waals surface area (Å²) in [6.07, 6.45) is 14.7. The minimum Gasteiger partial charge on any atom is -0.465 e. The number of fused-ring (bicyclic) bond motifs is 3. The lowest BCUT2D eigenvalue weighted by molar-refractivity contribution is 0.0601. The zero-order valence-corrected chi connectivity index (χ0v) is 21.6. The van der Waals surface area contributed by atoms with E-state index in [-0.39, 0.29) is 5.97 Å². The van der Waals surface area contributed by atoms with E-state index in [0.29, 0.717) is 12.0 Å². The van der Waals surface area contributed by atoms with Crippen molar-refractivity contribution >= 4 is 33.7 Å². The first-order valence-electron chi connectivity index (χ1n) is 13.4. The highest BCUT2D eigenvalue weighted by atomic mass is 16.5. The summed E-state index contributed by atoms with van der Waals surface area (Å²) >= 11 is 0. The molecule has 5 rings (SSSR count). The van der Waals surface area contributed by atoms with E-state index in [1.807, 2.05) is 18.2 Å². The van der Waals surface area contributed by atoms with Crippen molar-refractivity contribution in [1.82, 2.24) is 19.9 Å². The van der Waals surface area contributed by atoms with Gasteiger partial charge in [-0.15, -0.1) is 0 Å². The van der Waals surface area contributed by atoms with E-state index < -0.39 is 0 Å². The Morgan fingerprint density at radius 1 is 1.17 bits per heavy atom. The minimum absolute atomic E-state index is 0.341. The molecule has 1 fully saturated rings. The molecule has 1 aliphatic heterocycles. The number of carbonyl (C=O) groups excluding carboxylic acids is 1. The number of ether oxygens (including phenoxy) is 1. The predicted molar refractivity (Wildman–Crippen MR) is 146 cm³/mol. The third-order valence-electron chi connectivity index (χ3n) is 7.37. The van der Waals surface area contributed by atoms with Gasteiger partial charge in [0.1, 0.15) is 17.3 Å². The van der Waals surface area contributed by atoms with Crippen LogP contribution in [-0.2, 0) is 11.2 Å². The molecule has 7 heteroatoms. The quantitative estimate of drug-likeness (QED) is 0.406. The summed E-state index contributed by atoms with van der Waals surface area (Å²) in [6.45, 7) is 7.61. The van der Waals surface area contributed by atoms with Crippen molar-refractivity contribution in [3.8, 4) is 0 Å². The van der Waals surface area contributed by atoms with Crippen molar-refractivity contribution in [1.29, 1.82) is 0 Å². The van der Waals surface area contributed by atoms with Gasteiger partial charge in [-0.2, -0.15) is 0 Å². The van der Waals surface area contributed by atoms with Crippen molar-refractivity contribution in [2.45, 2.75) is 51.9 Å². The summed E-state index contributed by atoms with van der Waals surface area (Å²) in [6, 6.07) is 5.66. The van der Waals surface area contributed by atoms with Crippen molar-refractivity contribution in [3.05, 3.63) is 53.4 Å². The molecule has 190 valence electrons. The average molecular weight is 488 g/mol. The maximum Gasteiger partial charge on any atom is 0.337 e. The Labute approximate surface area is 213 Å². The van der Waals surface area contributed by atoms with Gasteiger partial charge in [0.05, 0.1) is 18.1 Å². The Kier molecular flexibility index (Phi) is 7.66. The van der Waals surface area contributed by atoms with Gasteiger partial charge in [0.15, 0.2) is 0 Å². The van der Waals surface area contributed by atoms with E-state index in [1.54, 1.807) is 0 Å². The summed E-state index contributed by atoms with van der Waals surface area (Å²) in [5.41, 5.74) is 3.49.